The maximum atomic E-state index is 12.1. The van der Waals surface area contributed by atoms with E-state index >= 15 is 0 Å². The van der Waals surface area contributed by atoms with Crippen molar-refractivity contribution in [3.63, 3.8) is 0 Å². The minimum absolute atomic E-state index is 0.0603. The largest absolute Gasteiger partial charge is 0.495 e. The predicted octanol–water partition coefficient (Wildman–Crippen LogP) is 2.15. The highest BCUT2D eigenvalue weighted by Gasteiger charge is 2.16. The second-order valence-corrected chi connectivity index (χ2v) is 4.00. The van der Waals surface area contributed by atoms with Gasteiger partial charge in [0.25, 0.3) is 5.91 Å². The van der Waals surface area contributed by atoms with Crippen LogP contribution in [0.5, 0.6) is 5.75 Å². The van der Waals surface area contributed by atoms with Gasteiger partial charge < -0.3 is 15.4 Å². The van der Waals surface area contributed by atoms with Crippen molar-refractivity contribution in [3.8, 4) is 5.75 Å². The van der Waals surface area contributed by atoms with Gasteiger partial charge in [0.2, 0.25) is 0 Å². The van der Waals surface area contributed by atoms with Gasteiger partial charge in [-0.1, -0.05) is 19.4 Å². The minimum atomic E-state index is -0.0603. The van der Waals surface area contributed by atoms with E-state index in [0.29, 0.717) is 17.0 Å². The zero-order valence-corrected chi connectivity index (χ0v) is 10.7. The Bertz CT molecular complexity index is 391. The second kappa shape index (κ2) is 6.13. The number of carbonyl (C=O) groups is 1. The minimum Gasteiger partial charge on any atom is -0.495 e. The fourth-order valence-electron chi connectivity index (χ4n) is 1.61. The number of nitrogen functional groups attached to an aromatic ring is 1. The fourth-order valence-corrected chi connectivity index (χ4v) is 1.61. The lowest BCUT2D eigenvalue weighted by Gasteiger charge is -2.18. The van der Waals surface area contributed by atoms with Gasteiger partial charge in [0, 0.05) is 13.6 Å². The molecule has 94 valence electrons. The van der Waals surface area contributed by atoms with Gasteiger partial charge in [-0.25, -0.2) is 0 Å². The Balaban J connectivity index is 2.88. The van der Waals surface area contributed by atoms with Crippen LogP contribution in [-0.4, -0.2) is 31.5 Å². The summed E-state index contributed by atoms with van der Waals surface area (Å²) in [5.41, 5.74) is 6.80. The highest BCUT2D eigenvalue weighted by Crippen LogP contribution is 2.25. The quantitative estimate of drug-likeness (QED) is 0.797. The van der Waals surface area contributed by atoms with Crippen LogP contribution < -0.4 is 10.5 Å². The summed E-state index contributed by atoms with van der Waals surface area (Å²) in [6, 6.07) is 5.25. The summed E-state index contributed by atoms with van der Waals surface area (Å²) in [4.78, 5) is 13.8. The Morgan fingerprint density at radius 1 is 1.47 bits per heavy atom. The molecule has 2 N–H and O–H groups in total. The SMILES string of the molecule is CCCCN(C)C(=O)c1cccc(OC)c1N. The van der Waals surface area contributed by atoms with Crippen LogP contribution in [0.1, 0.15) is 30.1 Å². The van der Waals surface area contributed by atoms with E-state index in [-0.39, 0.29) is 5.91 Å². The summed E-state index contributed by atoms with van der Waals surface area (Å²) >= 11 is 0. The van der Waals surface area contributed by atoms with E-state index in [1.807, 2.05) is 0 Å². The molecule has 1 amide bonds. The summed E-state index contributed by atoms with van der Waals surface area (Å²) in [6.07, 6.45) is 2.05. The fraction of sp³-hybridized carbons (Fsp3) is 0.462. The summed E-state index contributed by atoms with van der Waals surface area (Å²) < 4.78 is 5.10. The van der Waals surface area contributed by atoms with Gasteiger partial charge in [-0.3, -0.25) is 4.79 Å². The van der Waals surface area contributed by atoms with E-state index in [1.54, 1.807) is 37.3 Å². The summed E-state index contributed by atoms with van der Waals surface area (Å²) in [5, 5.41) is 0. The Hall–Kier alpha value is -1.71. The van der Waals surface area contributed by atoms with E-state index in [1.165, 1.54) is 0 Å². The van der Waals surface area contributed by atoms with E-state index in [2.05, 4.69) is 6.92 Å². The molecule has 0 fully saturated rings. The molecule has 4 heteroatoms. The number of anilines is 1. The van der Waals surface area contributed by atoms with Gasteiger partial charge in [0.1, 0.15) is 5.75 Å². The Morgan fingerprint density at radius 2 is 2.18 bits per heavy atom. The summed E-state index contributed by atoms with van der Waals surface area (Å²) in [6.45, 7) is 2.84. The highest BCUT2D eigenvalue weighted by atomic mass is 16.5. The average Bonchev–Trinajstić information content (AvgIpc) is 2.35. The lowest BCUT2D eigenvalue weighted by Crippen LogP contribution is -2.28. The van der Waals surface area contributed by atoms with Crippen LogP contribution in [0.15, 0.2) is 18.2 Å². The topological polar surface area (TPSA) is 55.6 Å². The van der Waals surface area contributed by atoms with Crippen molar-refractivity contribution in [2.24, 2.45) is 0 Å². The van der Waals surface area contributed by atoms with Crippen LogP contribution in [0.4, 0.5) is 5.69 Å². The molecule has 0 aliphatic heterocycles. The molecule has 0 aliphatic carbocycles. The first-order valence-electron chi connectivity index (χ1n) is 5.79. The van der Waals surface area contributed by atoms with Gasteiger partial charge in [0.05, 0.1) is 18.4 Å². The van der Waals surface area contributed by atoms with E-state index in [4.69, 9.17) is 10.5 Å². The van der Waals surface area contributed by atoms with Crippen molar-refractivity contribution < 1.29 is 9.53 Å². The molecule has 1 rings (SSSR count). The number of hydrogen-bond acceptors (Lipinski definition) is 3. The van der Waals surface area contributed by atoms with E-state index in [9.17, 15) is 4.79 Å². The molecular formula is C13H20N2O2. The van der Waals surface area contributed by atoms with Gasteiger partial charge in [0.15, 0.2) is 0 Å². The van der Waals surface area contributed by atoms with Crippen LogP contribution >= 0.6 is 0 Å². The number of nitrogens with two attached hydrogens (primary N) is 1. The number of rotatable bonds is 5. The first-order chi connectivity index (χ1) is 8.11. The number of hydrogen-bond donors (Lipinski definition) is 1. The predicted molar refractivity (Wildman–Crippen MR) is 69.3 cm³/mol. The van der Waals surface area contributed by atoms with Crippen molar-refractivity contribution in [1.29, 1.82) is 0 Å². The molecule has 17 heavy (non-hydrogen) atoms. The van der Waals surface area contributed by atoms with Crippen LogP contribution in [-0.2, 0) is 0 Å². The third-order valence-corrected chi connectivity index (χ3v) is 2.71. The summed E-state index contributed by atoms with van der Waals surface area (Å²) in [5.74, 6) is 0.481. The number of nitrogens with zero attached hydrogens (tertiary/aromatic N) is 1. The maximum absolute atomic E-state index is 12.1. The molecule has 4 nitrogen and oxygen atoms in total. The zero-order valence-electron chi connectivity index (χ0n) is 10.7. The van der Waals surface area contributed by atoms with Crippen molar-refractivity contribution >= 4 is 11.6 Å². The first kappa shape index (κ1) is 13.4. The molecule has 1 aromatic carbocycles. The van der Waals surface area contributed by atoms with Crippen LogP contribution in [0, 0.1) is 0 Å². The number of benzene rings is 1. The van der Waals surface area contributed by atoms with Crippen LogP contribution in [0.3, 0.4) is 0 Å². The lowest BCUT2D eigenvalue weighted by atomic mass is 10.1. The third-order valence-electron chi connectivity index (χ3n) is 2.71. The monoisotopic (exact) mass is 236 g/mol. The number of carbonyl (C=O) groups excluding carboxylic acids is 1. The second-order valence-electron chi connectivity index (χ2n) is 4.00. The summed E-state index contributed by atoms with van der Waals surface area (Å²) in [7, 11) is 3.33. The van der Waals surface area contributed by atoms with E-state index in [0.717, 1.165) is 19.4 Å². The standard InChI is InChI=1S/C13H20N2O2/c1-4-5-9-15(2)13(16)10-7-6-8-11(17-3)12(10)14/h6-8H,4-5,9,14H2,1-3H3. The van der Waals surface area contributed by atoms with Crippen molar-refractivity contribution in [3.05, 3.63) is 23.8 Å². The smallest absolute Gasteiger partial charge is 0.255 e. The molecule has 0 heterocycles. The Morgan fingerprint density at radius 3 is 2.76 bits per heavy atom. The molecule has 0 aliphatic rings. The van der Waals surface area contributed by atoms with Crippen LogP contribution in [0.2, 0.25) is 0 Å². The molecule has 0 spiro atoms. The molecular weight excluding hydrogens is 216 g/mol. The third kappa shape index (κ3) is 3.12. The van der Waals surface area contributed by atoms with Crippen LogP contribution in [0.25, 0.3) is 0 Å². The van der Waals surface area contributed by atoms with E-state index < -0.39 is 0 Å². The first-order valence-corrected chi connectivity index (χ1v) is 5.79. The van der Waals surface area contributed by atoms with Gasteiger partial charge in [-0.2, -0.15) is 0 Å². The molecule has 0 unspecified atom stereocenters. The lowest BCUT2D eigenvalue weighted by molar-refractivity contribution is 0.0794. The number of ether oxygens (including phenoxy) is 1. The van der Waals surface area contributed by atoms with Crippen molar-refractivity contribution in [1.82, 2.24) is 4.90 Å². The Kier molecular flexibility index (Phi) is 4.82. The molecule has 0 radical (unpaired) electrons. The molecule has 0 aromatic heterocycles. The van der Waals surface area contributed by atoms with Crippen molar-refractivity contribution in [2.75, 3.05) is 26.4 Å². The molecule has 0 saturated carbocycles. The number of unbranched alkanes of at least 4 members (excludes halogenated alkanes) is 1. The maximum Gasteiger partial charge on any atom is 0.255 e. The van der Waals surface area contributed by atoms with Gasteiger partial charge >= 0.3 is 0 Å². The average molecular weight is 236 g/mol. The Labute approximate surface area is 102 Å². The molecule has 0 bridgehead atoms. The molecule has 0 atom stereocenters. The normalized spacial score (nSPS) is 10.1. The number of para-hydroxylation sites is 1. The zero-order chi connectivity index (χ0) is 12.8. The van der Waals surface area contributed by atoms with Gasteiger partial charge in [-0.05, 0) is 18.6 Å². The van der Waals surface area contributed by atoms with Gasteiger partial charge in [-0.15, -0.1) is 0 Å². The molecule has 1 aromatic rings. The number of amides is 1. The highest BCUT2D eigenvalue weighted by molar-refractivity contribution is 6.00. The number of methoxy groups -OCH3 is 1. The molecule has 0 saturated heterocycles. The van der Waals surface area contributed by atoms with Crippen molar-refractivity contribution in [2.45, 2.75) is 19.8 Å².